The van der Waals surface area contributed by atoms with E-state index in [9.17, 15) is 38.9 Å². The number of aldehydes is 1. The number of hydrogen-bond donors (Lipinski definition) is 0. The van der Waals surface area contributed by atoms with Crippen LogP contribution in [-0.4, -0.2) is 77.6 Å². The summed E-state index contributed by atoms with van der Waals surface area (Å²) in [5, 5.41) is 12.1. The third kappa shape index (κ3) is 10.3. The third-order valence-electron chi connectivity index (χ3n) is 5.73. The molecule has 38 heavy (non-hydrogen) atoms. The SMILES string of the molecule is CC(=O)OC[C@@H](OC(C)=O)[C@H](OC(C)=O)[C@H](OC(C)=O)[C@H](CC[C@@]1([N+](=O)[O-])CCC=C(C=O)C1)OC(C)=O. The molecule has 0 unspecified atom stereocenters. The number of nitrogens with zero attached hydrogens (tertiary/aromatic N) is 1. The van der Waals surface area contributed by atoms with Gasteiger partial charge in [0.1, 0.15) is 19.0 Å². The van der Waals surface area contributed by atoms with Gasteiger partial charge in [0.2, 0.25) is 5.54 Å². The normalized spacial score (nSPS) is 19.9. The first-order valence-corrected chi connectivity index (χ1v) is 11.8. The van der Waals surface area contributed by atoms with Crippen LogP contribution in [0.5, 0.6) is 0 Å². The van der Waals surface area contributed by atoms with E-state index in [1.165, 1.54) is 0 Å². The van der Waals surface area contributed by atoms with Crippen LogP contribution in [-0.2, 0) is 52.5 Å². The Bertz CT molecular complexity index is 959. The molecule has 0 aliphatic heterocycles. The smallest absolute Gasteiger partial charge is 0.303 e. The zero-order chi connectivity index (χ0) is 29.0. The average molecular weight is 544 g/mol. The highest BCUT2D eigenvalue weighted by Gasteiger charge is 2.48. The Morgan fingerprint density at radius 1 is 0.895 bits per heavy atom. The lowest BCUT2D eigenvalue weighted by molar-refractivity contribution is -0.573. The Balaban J connectivity index is 3.51. The number of carbonyl (C=O) groups is 6. The fourth-order valence-electron chi connectivity index (χ4n) is 4.23. The van der Waals surface area contributed by atoms with Gasteiger partial charge in [0.05, 0.1) is 0 Å². The maximum atomic E-state index is 12.1. The van der Waals surface area contributed by atoms with Gasteiger partial charge in [0.25, 0.3) is 0 Å². The van der Waals surface area contributed by atoms with E-state index in [0.717, 1.165) is 34.6 Å². The maximum absolute atomic E-state index is 12.1. The Morgan fingerprint density at radius 3 is 1.84 bits per heavy atom. The van der Waals surface area contributed by atoms with E-state index in [2.05, 4.69) is 0 Å². The lowest BCUT2D eigenvalue weighted by Gasteiger charge is -2.36. The minimum absolute atomic E-state index is 0.0955. The molecule has 212 valence electrons. The molecule has 1 aliphatic carbocycles. The molecule has 0 N–H and O–H groups in total. The number of esters is 5. The second-order valence-electron chi connectivity index (χ2n) is 8.88. The van der Waals surface area contributed by atoms with E-state index in [1.54, 1.807) is 6.08 Å². The summed E-state index contributed by atoms with van der Waals surface area (Å²) in [6, 6.07) is 0. The third-order valence-corrected chi connectivity index (χ3v) is 5.73. The fraction of sp³-hybridized carbons (Fsp3) is 0.667. The van der Waals surface area contributed by atoms with Crippen LogP contribution in [0, 0.1) is 10.1 Å². The molecular formula is C24H33NO13. The van der Waals surface area contributed by atoms with Crippen LogP contribution < -0.4 is 0 Å². The molecule has 14 heteroatoms. The minimum Gasteiger partial charge on any atom is -0.462 e. The molecule has 0 saturated carbocycles. The van der Waals surface area contributed by atoms with Gasteiger partial charge in [0, 0.05) is 58.8 Å². The first kappa shape index (κ1) is 32.2. The van der Waals surface area contributed by atoms with Crippen LogP contribution in [0.15, 0.2) is 11.6 Å². The van der Waals surface area contributed by atoms with Crippen molar-refractivity contribution in [1.82, 2.24) is 0 Å². The highest BCUT2D eigenvalue weighted by Crippen LogP contribution is 2.36. The number of allylic oxidation sites excluding steroid dienone is 1. The van der Waals surface area contributed by atoms with Crippen molar-refractivity contribution in [2.75, 3.05) is 6.61 Å². The molecule has 0 aromatic heterocycles. The number of nitro groups is 1. The molecule has 0 spiro atoms. The minimum atomic E-state index is -1.63. The van der Waals surface area contributed by atoms with E-state index in [1.807, 2.05) is 0 Å². The summed E-state index contributed by atoms with van der Waals surface area (Å²) in [7, 11) is 0. The molecule has 0 amide bonds. The van der Waals surface area contributed by atoms with Crippen molar-refractivity contribution in [3.05, 3.63) is 21.8 Å². The predicted octanol–water partition coefficient (Wildman–Crippen LogP) is 1.38. The Morgan fingerprint density at radius 2 is 1.39 bits per heavy atom. The number of hydrogen-bond acceptors (Lipinski definition) is 13. The van der Waals surface area contributed by atoms with Crippen LogP contribution in [0.1, 0.15) is 66.7 Å². The lowest BCUT2D eigenvalue weighted by Crippen LogP contribution is -2.53. The summed E-state index contributed by atoms with van der Waals surface area (Å²) in [5.41, 5.74) is -1.32. The summed E-state index contributed by atoms with van der Waals surface area (Å²) in [6.07, 6.45) is -4.28. The van der Waals surface area contributed by atoms with Crippen LogP contribution in [0.3, 0.4) is 0 Å². The quantitative estimate of drug-likeness (QED) is 0.100. The summed E-state index contributed by atoms with van der Waals surface area (Å²) in [6.45, 7) is 4.61. The van der Waals surface area contributed by atoms with Gasteiger partial charge >= 0.3 is 29.8 Å². The standard InChI is InChI=1S/C24H33NO13/c1-14(27)34-13-21(36-16(3)29)23(38-18(5)31)22(37-17(4)30)20(35-15(2)28)8-10-24(25(32)33)9-6-7-19(11-24)12-26/h7,12,20-23H,6,8-11,13H2,1-5H3/t20-,21+,22+,23-,24-/m0/s1. The molecule has 1 aliphatic rings. The molecule has 0 aromatic rings. The average Bonchev–Trinajstić information content (AvgIpc) is 2.80. The summed E-state index contributed by atoms with van der Waals surface area (Å²) >= 11 is 0. The number of rotatable bonds is 14. The molecule has 14 nitrogen and oxygen atoms in total. The van der Waals surface area contributed by atoms with Crippen molar-refractivity contribution in [3.63, 3.8) is 0 Å². The fourth-order valence-corrected chi connectivity index (χ4v) is 4.23. The monoisotopic (exact) mass is 543 g/mol. The molecule has 1 rings (SSSR count). The lowest BCUT2D eigenvalue weighted by atomic mass is 9.78. The van der Waals surface area contributed by atoms with E-state index < -0.39 is 71.3 Å². The molecular weight excluding hydrogens is 510 g/mol. The zero-order valence-electron chi connectivity index (χ0n) is 22.0. The van der Waals surface area contributed by atoms with Crippen molar-refractivity contribution < 1.29 is 57.4 Å². The molecule has 5 atom stereocenters. The van der Waals surface area contributed by atoms with Crippen LogP contribution in [0.2, 0.25) is 0 Å². The van der Waals surface area contributed by atoms with Crippen molar-refractivity contribution in [2.24, 2.45) is 0 Å². The number of ether oxygens (including phenoxy) is 5. The Kier molecular flexibility index (Phi) is 12.5. The van der Waals surface area contributed by atoms with Gasteiger partial charge in [-0.1, -0.05) is 6.08 Å². The summed E-state index contributed by atoms with van der Waals surface area (Å²) < 4.78 is 26.1. The molecule has 0 bridgehead atoms. The molecule has 0 aromatic carbocycles. The topological polar surface area (TPSA) is 192 Å². The first-order valence-electron chi connectivity index (χ1n) is 11.8. The summed E-state index contributed by atoms with van der Waals surface area (Å²) in [4.78, 5) is 82.1. The highest BCUT2D eigenvalue weighted by molar-refractivity contribution is 5.73. The van der Waals surface area contributed by atoms with E-state index >= 15 is 0 Å². The second kappa shape index (κ2) is 14.8. The first-order chi connectivity index (χ1) is 17.7. The van der Waals surface area contributed by atoms with Crippen molar-refractivity contribution >= 4 is 36.1 Å². The van der Waals surface area contributed by atoms with Crippen molar-refractivity contribution in [3.8, 4) is 0 Å². The molecule has 0 saturated heterocycles. The largest absolute Gasteiger partial charge is 0.462 e. The van der Waals surface area contributed by atoms with Crippen LogP contribution >= 0.6 is 0 Å². The van der Waals surface area contributed by atoms with Gasteiger partial charge in [-0.2, -0.15) is 0 Å². The van der Waals surface area contributed by atoms with E-state index in [0.29, 0.717) is 6.29 Å². The predicted molar refractivity (Wildman–Crippen MR) is 126 cm³/mol. The molecule has 0 radical (unpaired) electrons. The van der Waals surface area contributed by atoms with Crippen LogP contribution in [0.25, 0.3) is 0 Å². The van der Waals surface area contributed by atoms with Gasteiger partial charge < -0.3 is 23.7 Å². The van der Waals surface area contributed by atoms with E-state index in [4.69, 9.17) is 23.7 Å². The Hall–Kier alpha value is -3.84. The second-order valence-corrected chi connectivity index (χ2v) is 8.88. The van der Waals surface area contributed by atoms with Gasteiger partial charge in [-0.3, -0.25) is 38.9 Å². The zero-order valence-corrected chi connectivity index (χ0v) is 22.0. The van der Waals surface area contributed by atoms with Gasteiger partial charge in [-0.05, 0) is 18.4 Å². The number of carbonyl (C=O) groups excluding carboxylic acids is 6. The van der Waals surface area contributed by atoms with Crippen molar-refractivity contribution in [1.29, 1.82) is 0 Å². The van der Waals surface area contributed by atoms with E-state index in [-0.39, 0.29) is 37.7 Å². The van der Waals surface area contributed by atoms with Gasteiger partial charge in [-0.15, -0.1) is 0 Å². The van der Waals surface area contributed by atoms with Crippen molar-refractivity contribution in [2.45, 2.75) is 96.7 Å². The van der Waals surface area contributed by atoms with Gasteiger partial charge in [0.15, 0.2) is 18.3 Å². The van der Waals surface area contributed by atoms with Crippen LogP contribution in [0.4, 0.5) is 0 Å². The van der Waals surface area contributed by atoms with Gasteiger partial charge in [-0.25, -0.2) is 0 Å². The molecule has 0 fully saturated rings. The molecule has 0 heterocycles. The Labute approximate surface area is 219 Å². The maximum Gasteiger partial charge on any atom is 0.303 e. The summed E-state index contributed by atoms with van der Waals surface area (Å²) in [5.74, 6) is -4.25. The highest BCUT2D eigenvalue weighted by atomic mass is 16.6.